The van der Waals surface area contributed by atoms with Gasteiger partial charge in [-0.2, -0.15) is 0 Å². The summed E-state index contributed by atoms with van der Waals surface area (Å²) in [6.45, 7) is 1.32. The van der Waals surface area contributed by atoms with Crippen LogP contribution in [-0.2, 0) is 9.59 Å². The van der Waals surface area contributed by atoms with Gasteiger partial charge in [0.05, 0.1) is 12.1 Å². The van der Waals surface area contributed by atoms with E-state index < -0.39 is 24.4 Å². The van der Waals surface area contributed by atoms with Crippen LogP contribution >= 0.6 is 0 Å². The van der Waals surface area contributed by atoms with Crippen LogP contribution in [0.25, 0.3) is 0 Å². The second-order valence-corrected chi connectivity index (χ2v) is 2.67. The highest BCUT2D eigenvalue weighted by Gasteiger charge is 2.29. The molecule has 0 aliphatic carbocycles. The summed E-state index contributed by atoms with van der Waals surface area (Å²) >= 11 is 0. The molecule has 0 aliphatic heterocycles. The number of aldehydes is 1. The predicted molar refractivity (Wildman–Crippen MR) is 42.7 cm³/mol. The van der Waals surface area contributed by atoms with Crippen LogP contribution in [0.5, 0.6) is 0 Å². The van der Waals surface area contributed by atoms with Gasteiger partial charge in [0.15, 0.2) is 6.29 Å². The Morgan fingerprint density at radius 2 is 1.77 bits per heavy atom. The van der Waals surface area contributed by atoms with Gasteiger partial charge in [-0.3, -0.25) is 4.79 Å². The molecule has 4 N–H and O–H groups in total. The van der Waals surface area contributed by atoms with Crippen molar-refractivity contribution < 1.29 is 24.9 Å². The van der Waals surface area contributed by atoms with Crippen LogP contribution in [0.1, 0.15) is 6.92 Å². The highest BCUT2D eigenvalue weighted by atomic mass is 16.3. The lowest BCUT2D eigenvalue weighted by atomic mass is 10.0. The molecular weight excluding hydrogens is 178 g/mol. The maximum Gasteiger partial charge on any atom is 0.207 e. The van der Waals surface area contributed by atoms with Crippen LogP contribution in [-0.4, -0.2) is 52.4 Å². The van der Waals surface area contributed by atoms with Crippen molar-refractivity contribution in [1.82, 2.24) is 5.32 Å². The van der Waals surface area contributed by atoms with E-state index in [1.165, 1.54) is 6.92 Å². The number of hydrogen-bond acceptors (Lipinski definition) is 5. The lowest BCUT2D eigenvalue weighted by molar-refractivity contribution is -0.125. The summed E-state index contributed by atoms with van der Waals surface area (Å²) in [5, 5.41) is 29.3. The fraction of sp³-hybridized carbons (Fsp3) is 0.714. The van der Waals surface area contributed by atoms with Gasteiger partial charge in [-0.15, -0.1) is 0 Å². The minimum Gasteiger partial charge on any atom is -0.391 e. The summed E-state index contributed by atoms with van der Waals surface area (Å²) in [5.41, 5.74) is 0. The van der Waals surface area contributed by atoms with Crippen molar-refractivity contribution in [2.75, 3.05) is 0 Å². The lowest BCUT2D eigenvalue weighted by Crippen LogP contribution is -2.52. The van der Waals surface area contributed by atoms with Gasteiger partial charge in [0.25, 0.3) is 0 Å². The Balaban J connectivity index is 4.34. The summed E-state index contributed by atoms with van der Waals surface area (Å²) in [5.74, 6) is 0. The standard InChI is InChI=1S/C7H13NO5/c1-4(11)6(8-3-10)7(13)5(12)2-9/h2-7,11-13H,1H3,(H,8,10)/t4-,5+,6-,7-/m1/s1. The molecule has 6 heteroatoms. The zero-order valence-electron chi connectivity index (χ0n) is 7.12. The first-order chi connectivity index (χ1) is 6.04. The summed E-state index contributed by atoms with van der Waals surface area (Å²) in [6.07, 6.45) is -3.78. The summed E-state index contributed by atoms with van der Waals surface area (Å²) in [6, 6.07) is -1.06. The number of carbonyl (C=O) groups is 2. The van der Waals surface area contributed by atoms with Crippen molar-refractivity contribution >= 4 is 12.7 Å². The second-order valence-electron chi connectivity index (χ2n) is 2.67. The quantitative estimate of drug-likeness (QED) is 0.344. The molecule has 0 saturated heterocycles. The molecule has 0 heterocycles. The SMILES string of the molecule is C[C@@H](O)[C@@H](NC=O)[C@H](O)[C@@H](O)C=O. The number of amides is 1. The Morgan fingerprint density at radius 3 is 2.08 bits per heavy atom. The van der Waals surface area contributed by atoms with E-state index in [0.29, 0.717) is 0 Å². The summed E-state index contributed by atoms with van der Waals surface area (Å²) < 4.78 is 0. The van der Waals surface area contributed by atoms with E-state index in [2.05, 4.69) is 5.32 Å². The van der Waals surface area contributed by atoms with E-state index in [1.54, 1.807) is 0 Å². The monoisotopic (exact) mass is 191 g/mol. The van der Waals surface area contributed by atoms with Gasteiger partial charge in [0, 0.05) is 0 Å². The smallest absolute Gasteiger partial charge is 0.207 e. The average Bonchev–Trinajstić information content (AvgIpc) is 2.11. The number of aliphatic hydroxyl groups is 3. The molecular formula is C7H13NO5. The Hall–Kier alpha value is -0.980. The molecule has 0 fully saturated rings. The second kappa shape index (κ2) is 5.63. The number of aliphatic hydroxyl groups excluding tert-OH is 3. The third-order valence-corrected chi connectivity index (χ3v) is 1.64. The van der Waals surface area contributed by atoms with E-state index in [-0.39, 0.29) is 12.7 Å². The molecule has 0 aromatic carbocycles. The summed E-state index contributed by atoms with van der Waals surface area (Å²) in [7, 11) is 0. The first-order valence-corrected chi connectivity index (χ1v) is 3.73. The minimum atomic E-state index is -1.62. The maximum atomic E-state index is 10.1. The normalized spacial score (nSPS) is 19.7. The third-order valence-electron chi connectivity index (χ3n) is 1.64. The van der Waals surface area contributed by atoms with Gasteiger partial charge in [-0.25, -0.2) is 0 Å². The van der Waals surface area contributed by atoms with Crippen molar-refractivity contribution in [3.8, 4) is 0 Å². The predicted octanol–water partition coefficient (Wildman–Crippen LogP) is -2.60. The first-order valence-electron chi connectivity index (χ1n) is 3.73. The van der Waals surface area contributed by atoms with E-state index in [9.17, 15) is 14.7 Å². The molecule has 0 aromatic heterocycles. The highest BCUT2D eigenvalue weighted by molar-refractivity contribution is 5.57. The number of hydrogen-bond donors (Lipinski definition) is 4. The van der Waals surface area contributed by atoms with Crippen LogP contribution in [0.4, 0.5) is 0 Å². The third kappa shape index (κ3) is 3.49. The molecule has 6 nitrogen and oxygen atoms in total. The Bertz CT molecular complexity index is 172. The van der Waals surface area contributed by atoms with Crippen molar-refractivity contribution in [1.29, 1.82) is 0 Å². The molecule has 1 amide bonds. The van der Waals surface area contributed by atoms with Crippen molar-refractivity contribution in [3.05, 3.63) is 0 Å². The van der Waals surface area contributed by atoms with Crippen LogP contribution in [0, 0.1) is 0 Å². The van der Waals surface area contributed by atoms with Crippen LogP contribution < -0.4 is 5.32 Å². The van der Waals surface area contributed by atoms with Crippen molar-refractivity contribution in [2.24, 2.45) is 0 Å². The Kier molecular flexibility index (Phi) is 5.20. The van der Waals surface area contributed by atoms with Crippen LogP contribution in [0.2, 0.25) is 0 Å². The number of nitrogens with one attached hydrogen (secondary N) is 1. The van der Waals surface area contributed by atoms with E-state index >= 15 is 0 Å². The van der Waals surface area contributed by atoms with Crippen molar-refractivity contribution in [2.45, 2.75) is 31.3 Å². The fourth-order valence-electron chi connectivity index (χ4n) is 0.895. The molecule has 0 aliphatic rings. The molecule has 0 unspecified atom stereocenters. The zero-order chi connectivity index (χ0) is 10.4. The van der Waals surface area contributed by atoms with Gasteiger partial charge < -0.3 is 25.4 Å². The highest BCUT2D eigenvalue weighted by Crippen LogP contribution is 2.02. The van der Waals surface area contributed by atoms with Crippen LogP contribution in [0.15, 0.2) is 0 Å². The van der Waals surface area contributed by atoms with Gasteiger partial charge in [0.1, 0.15) is 12.2 Å². The molecule has 13 heavy (non-hydrogen) atoms. The molecule has 4 atom stereocenters. The zero-order valence-corrected chi connectivity index (χ0v) is 7.12. The van der Waals surface area contributed by atoms with Gasteiger partial charge in [-0.05, 0) is 6.92 Å². The summed E-state index contributed by atoms with van der Waals surface area (Å²) in [4.78, 5) is 20.1. The molecule has 76 valence electrons. The van der Waals surface area contributed by atoms with E-state index in [1.807, 2.05) is 0 Å². The number of carbonyl (C=O) groups excluding carboxylic acids is 2. The molecule has 0 bridgehead atoms. The maximum absolute atomic E-state index is 10.1. The topological polar surface area (TPSA) is 107 Å². The fourth-order valence-corrected chi connectivity index (χ4v) is 0.895. The molecule has 0 aromatic rings. The molecule has 0 radical (unpaired) electrons. The van der Waals surface area contributed by atoms with Crippen molar-refractivity contribution in [3.63, 3.8) is 0 Å². The van der Waals surface area contributed by atoms with E-state index in [0.717, 1.165) is 0 Å². The Labute approximate surface area is 75.2 Å². The molecule has 0 saturated carbocycles. The Morgan fingerprint density at radius 1 is 1.23 bits per heavy atom. The number of rotatable bonds is 6. The molecule has 0 rings (SSSR count). The van der Waals surface area contributed by atoms with Gasteiger partial charge in [-0.1, -0.05) is 0 Å². The first kappa shape index (κ1) is 12.0. The molecule has 0 spiro atoms. The van der Waals surface area contributed by atoms with E-state index in [4.69, 9.17) is 10.2 Å². The van der Waals surface area contributed by atoms with Crippen LogP contribution in [0.3, 0.4) is 0 Å². The van der Waals surface area contributed by atoms with Gasteiger partial charge in [0.2, 0.25) is 6.41 Å². The largest absolute Gasteiger partial charge is 0.391 e. The van der Waals surface area contributed by atoms with Gasteiger partial charge >= 0.3 is 0 Å². The lowest BCUT2D eigenvalue weighted by Gasteiger charge is -2.25. The average molecular weight is 191 g/mol. The minimum absolute atomic E-state index is 0.131.